The molecule has 5 heteroatoms. The minimum Gasteiger partial charge on any atom is -0.376 e. The van der Waals surface area contributed by atoms with Crippen LogP contribution in [0.2, 0.25) is 0 Å². The first-order valence-corrected chi connectivity index (χ1v) is 6.05. The molecule has 0 aliphatic carbocycles. The Kier molecular flexibility index (Phi) is 4.77. The summed E-state index contributed by atoms with van der Waals surface area (Å²) in [6, 6.07) is 0. The predicted octanol–water partition coefficient (Wildman–Crippen LogP) is -3.20. The maximum absolute atomic E-state index is 2.57. The molecule has 0 aliphatic heterocycles. The van der Waals surface area contributed by atoms with Gasteiger partial charge in [-0.2, -0.15) is 0 Å². The number of hydrogen-bond acceptors (Lipinski definition) is 2. The van der Waals surface area contributed by atoms with Gasteiger partial charge >= 0.3 is 0 Å². The number of nitrogens with zero attached hydrogens (tertiary/aromatic N) is 2. The minimum absolute atomic E-state index is 0.0606. The van der Waals surface area contributed by atoms with E-state index in [1.54, 1.807) is 0 Å². The maximum atomic E-state index is 2.57. The van der Waals surface area contributed by atoms with E-state index < -0.39 is 0 Å². The van der Waals surface area contributed by atoms with Crippen LogP contribution in [0.25, 0.3) is 0 Å². The van der Waals surface area contributed by atoms with Gasteiger partial charge in [-0.3, -0.25) is 0 Å². The van der Waals surface area contributed by atoms with Gasteiger partial charge in [0, 0.05) is 0 Å². The molecule has 0 rings (SSSR count). The van der Waals surface area contributed by atoms with Crippen molar-refractivity contribution in [2.24, 2.45) is 0 Å². The summed E-state index contributed by atoms with van der Waals surface area (Å²) in [4.78, 5) is 0. The lowest BCUT2D eigenvalue weighted by molar-refractivity contribution is 0.551. The van der Waals surface area contributed by atoms with Gasteiger partial charge in [-0.05, 0) is 13.6 Å². The van der Waals surface area contributed by atoms with E-state index in [1.165, 1.54) is 27.4 Å². The highest BCUT2D eigenvalue weighted by Gasteiger charge is 1.93. The molecule has 0 N–H and O–H groups in total. The van der Waals surface area contributed by atoms with E-state index in [0.717, 1.165) is 0 Å². The van der Waals surface area contributed by atoms with Crippen LogP contribution in [0.3, 0.4) is 0 Å². The topological polar surface area (TPSA) is 6.48 Å². The molecule has 50 valence electrons. The van der Waals surface area contributed by atoms with E-state index in [0.29, 0.717) is 0 Å². The zero-order valence-corrected chi connectivity index (χ0v) is 11.7. The van der Waals surface area contributed by atoms with Gasteiger partial charge < -0.3 is 8.46 Å². The van der Waals surface area contributed by atoms with Crippen LogP contribution in [0, 0.1) is 0 Å². The first kappa shape index (κ1) is 8.57. The zero-order chi connectivity index (χ0) is 6.57. The second kappa shape index (κ2) is 4.45. The van der Waals surface area contributed by atoms with Gasteiger partial charge in [0.1, 0.15) is 0 Å². The van der Waals surface area contributed by atoms with Crippen LogP contribution in [0.4, 0.5) is 0 Å². The molecule has 0 aromatic heterocycles. The predicted molar refractivity (Wildman–Crippen MR) is 48.6 cm³/mol. The van der Waals surface area contributed by atoms with Gasteiger partial charge in [0.2, 0.25) is 0 Å². The van der Waals surface area contributed by atoms with E-state index in [2.05, 4.69) is 22.4 Å². The Bertz CT molecular complexity index is 58.5. The third-order valence-corrected chi connectivity index (χ3v) is 4.26. The third kappa shape index (κ3) is 4.72. The number of hydrogen-bond donors (Lipinski definition) is 0. The molecule has 0 unspecified atom stereocenters. The van der Waals surface area contributed by atoms with Crippen LogP contribution in [0.1, 0.15) is 6.92 Å². The van der Waals surface area contributed by atoms with Crippen LogP contribution in [0.15, 0.2) is 0 Å². The first-order valence-electron chi connectivity index (χ1n) is 3.00. The van der Waals surface area contributed by atoms with Gasteiger partial charge in [-0.25, -0.2) is 0 Å². The van der Waals surface area contributed by atoms with Crippen LogP contribution in [0.5, 0.6) is 0 Å². The molecule has 0 aromatic carbocycles. The van der Waals surface area contributed by atoms with Crippen molar-refractivity contribution in [3.05, 3.63) is 0 Å². The van der Waals surface area contributed by atoms with E-state index in [9.17, 15) is 0 Å². The van der Waals surface area contributed by atoms with Crippen molar-refractivity contribution in [2.75, 3.05) is 13.6 Å². The molecule has 0 fully saturated rings. The fourth-order valence-electron chi connectivity index (χ4n) is 0.583. The Labute approximate surface area is 60.2 Å². The maximum Gasteiger partial charge on any atom is 0.158 e. The van der Waals surface area contributed by atoms with Gasteiger partial charge in [0.05, 0.1) is 20.8 Å². The van der Waals surface area contributed by atoms with Crippen molar-refractivity contribution >= 4 is 30.7 Å². The van der Waals surface area contributed by atoms with E-state index in [-0.39, 0.29) is 9.84 Å². The molecule has 2 nitrogen and oxygen atoms in total. The van der Waals surface area contributed by atoms with Crippen molar-refractivity contribution in [1.29, 1.82) is 0 Å². The molecule has 0 aromatic rings. The molecule has 0 saturated heterocycles. The summed E-state index contributed by atoms with van der Waals surface area (Å²) in [5.41, 5.74) is 0. The van der Waals surface area contributed by atoms with Gasteiger partial charge in [-0.1, -0.05) is 6.92 Å². The Balaban J connectivity index is 3.10. The lowest BCUT2D eigenvalue weighted by Crippen LogP contribution is -2.35. The van der Waals surface area contributed by atoms with Gasteiger partial charge in [0.15, 0.2) is 9.84 Å². The largest absolute Gasteiger partial charge is 0.376 e. The van der Waals surface area contributed by atoms with E-state index in [4.69, 9.17) is 0 Å². The monoisotopic (exact) mass is 164 g/mol. The molecule has 0 heterocycles. The Morgan fingerprint density at radius 2 is 2.00 bits per heavy atom. The molecule has 0 amide bonds. The molecule has 0 spiro atoms. The van der Waals surface area contributed by atoms with Gasteiger partial charge in [-0.15, -0.1) is 0 Å². The molecule has 0 bridgehead atoms. The van der Waals surface area contributed by atoms with E-state index >= 15 is 0 Å². The van der Waals surface area contributed by atoms with Crippen LogP contribution in [-0.2, 0) is 0 Å². The Hall–Kier alpha value is 0.571. The van der Waals surface area contributed by atoms with Crippen LogP contribution in [-0.4, -0.2) is 52.7 Å². The third-order valence-electron chi connectivity index (χ3n) is 1.06. The summed E-state index contributed by atoms with van der Waals surface area (Å²) in [5, 5.41) is 0. The zero-order valence-electron chi connectivity index (χ0n) is 6.31. The SMILES string of the molecule is CCN(C)[SiH2]N([SiH3])[SiH3]. The quantitative estimate of drug-likeness (QED) is 0.406. The van der Waals surface area contributed by atoms with Crippen molar-refractivity contribution in [1.82, 2.24) is 8.46 Å². The van der Waals surface area contributed by atoms with Gasteiger partial charge in [0.25, 0.3) is 0 Å². The summed E-state index contributed by atoms with van der Waals surface area (Å²) in [6.07, 6.45) is 0. The second-order valence-electron chi connectivity index (χ2n) is 2.39. The normalized spacial score (nSPS) is 13.5. The summed E-state index contributed by atoms with van der Waals surface area (Å²) in [7, 11) is 4.85. The summed E-state index contributed by atoms with van der Waals surface area (Å²) in [6.45, 7) is 3.45. The molecule has 0 saturated carbocycles. The Morgan fingerprint density at radius 3 is 2.12 bits per heavy atom. The molecule has 0 radical (unpaired) electrons. The second-order valence-corrected chi connectivity index (χ2v) is 12.4. The lowest BCUT2D eigenvalue weighted by atomic mass is 10.8. The van der Waals surface area contributed by atoms with Crippen molar-refractivity contribution in [3.8, 4) is 0 Å². The molecule has 8 heavy (non-hydrogen) atoms. The fourth-order valence-corrected chi connectivity index (χ4v) is 4.65. The van der Waals surface area contributed by atoms with Crippen molar-refractivity contribution in [2.45, 2.75) is 6.92 Å². The standard InChI is InChI=1S/C3H16N2Si3/c1-3-4(2)8-5(6)7/h3,8H2,1-2,6-7H3. The van der Waals surface area contributed by atoms with Crippen LogP contribution >= 0.6 is 0 Å². The lowest BCUT2D eigenvalue weighted by Gasteiger charge is -2.18. The highest BCUT2D eigenvalue weighted by atomic mass is 28.3. The average molecular weight is 164 g/mol. The van der Waals surface area contributed by atoms with E-state index in [1.807, 2.05) is 0 Å². The first-order chi connectivity index (χ1) is 3.66. The molecular formula is C3H16N2Si3. The van der Waals surface area contributed by atoms with Crippen LogP contribution < -0.4 is 0 Å². The Morgan fingerprint density at radius 1 is 1.50 bits per heavy atom. The fraction of sp³-hybridized carbons (Fsp3) is 1.00. The minimum atomic E-state index is 0.0606. The number of rotatable bonds is 3. The van der Waals surface area contributed by atoms with Crippen molar-refractivity contribution in [3.63, 3.8) is 0 Å². The smallest absolute Gasteiger partial charge is 0.158 e. The van der Waals surface area contributed by atoms with Crippen molar-refractivity contribution < 1.29 is 0 Å². The molecule has 0 aliphatic rings. The highest BCUT2D eigenvalue weighted by molar-refractivity contribution is 6.50. The molecular weight excluding hydrogens is 148 g/mol. The summed E-state index contributed by atoms with van der Waals surface area (Å²) < 4.78 is 5.03. The average Bonchev–Trinajstić information content (AvgIpc) is 1.65. The molecule has 0 atom stereocenters. The highest BCUT2D eigenvalue weighted by Crippen LogP contribution is 1.75. The summed E-state index contributed by atoms with van der Waals surface area (Å²) in [5.74, 6) is 0. The summed E-state index contributed by atoms with van der Waals surface area (Å²) >= 11 is 0.